The van der Waals surface area contributed by atoms with Gasteiger partial charge in [0.25, 0.3) is 6.71 Å². The van der Waals surface area contributed by atoms with Crippen LogP contribution in [0.2, 0.25) is 0 Å². The molecule has 0 saturated heterocycles. The predicted octanol–water partition coefficient (Wildman–Crippen LogP) is 34.8. The number of hydrogen-bond donors (Lipinski definition) is 0. The molecule has 2 aliphatic rings. The Morgan fingerprint density at radius 2 is 0.615 bits per heavy atom. The molecule has 1 aromatic heterocycles. The Morgan fingerprint density at radius 1 is 0.259 bits per heavy atom. The van der Waals surface area contributed by atoms with Crippen LogP contribution >= 0.6 is 0 Å². The van der Waals surface area contributed by atoms with Gasteiger partial charge in [0.1, 0.15) is 0 Å². The maximum Gasteiger partial charge on any atom is 0.252 e. The molecule has 22 rings (SSSR count). The van der Waals surface area contributed by atoms with Crippen molar-refractivity contribution < 1.29 is 9.60 Å². The van der Waals surface area contributed by atoms with Crippen molar-refractivity contribution in [1.82, 2.24) is 4.57 Å². The zero-order valence-corrected chi connectivity index (χ0v) is 78.6. The zero-order chi connectivity index (χ0) is 98.2. The highest BCUT2D eigenvalue weighted by molar-refractivity contribution is 7.00. The van der Waals surface area contributed by atoms with Crippen molar-refractivity contribution >= 4 is 79.0 Å². The topological polar surface area (TPSA) is 11.4 Å². The third-order valence-corrected chi connectivity index (χ3v) is 27.8. The summed E-state index contributed by atoms with van der Waals surface area (Å²) in [4.78, 5) is 5.25. The second-order valence-electron chi connectivity index (χ2n) is 39.6. The first-order valence-corrected chi connectivity index (χ1v) is 47.6. The van der Waals surface area contributed by atoms with Crippen molar-refractivity contribution in [2.45, 2.75) is 112 Å². The maximum atomic E-state index is 11.1. The molecule has 0 spiro atoms. The molecule has 0 radical (unpaired) electrons. The number of benzene rings is 19. The summed E-state index contributed by atoms with van der Waals surface area (Å²) in [5, 5.41) is 0.138. The van der Waals surface area contributed by atoms with E-state index in [1.807, 2.05) is 59.2 Å². The fourth-order valence-corrected chi connectivity index (χ4v) is 20.7. The molecular formula is C131H110BN3. The van der Waals surface area contributed by atoms with Gasteiger partial charge in [-0.3, -0.25) is 0 Å². The fourth-order valence-electron chi connectivity index (χ4n) is 20.7. The summed E-state index contributed by atoms with van der Waals surface area (Å²) < 4.78 is 73.9. The minimum Gasteiger partial charge on any atom is -0.310 e. The number of para-hydroxylation sites is 1. The average molecular weight is 1740 g/mol. The first kappa shape index (κ1) is 77.3. The Bertz CT molecular complexity index is 8110. The van der Waals surface area contributed by atoms with E-state index in [4.69, 9.17) is 0 Å². The van der Waals surface area contributed by atoms with E-state index in [0.29, 0.717) is 11.3 Å². The average Bonchev–Trinajstić information content (AvgIpc) is 0.823. The van der Waals surface area contributed by atoms with Crippen LogP contribution in [-0.4, -0.2) is 11.3 Å². The first-order chi connectivity index (χ1) is 68.6. The lowest BCUT2D eigenvalue weighted by Crippen LogP contribution is -2.61. The third-order valence-electron chi connectivity index (χ3n) is 27.8. The summed E-state index contributed by atoms with van der Waals surface area (Å²) in [5.41, 5.74) is 38.0. The van der Waals surface area contributed by atoms with Gasteiger partial charge in [-0.15, -0.1) is 0 Å². The van der Waals surface area contributed by atoms with E-state index in [2.05, 4.69) is 427 Å². The van der Waals surface area contributed by atoms with E-state index in [1.165, 1.54) is 22.3 Å². The third kappa shape index (κ3) is 15.7. The molecular weight excluding hydrogens is 1630 g/mol. The van der Waals surface area contributed by atoms with Crippen LogP contribution in [0.5, 0.6) is 0 Å². The fraction of sp³-hybridized carbons (Fsp3) is 0.130. The monoisotopic (exact) mass is 1740 g/mol. The predicted molar refractivity (Wildman–Crippen MR) is 580 cm³/mol. The molecule has 20 aromatic rings. The minimum atomic E-state index is -0.615. The quantitative estimate of drug-likeness (QED) is 0.0793. The van der Waals surface area contributed by atoms with Crippen molar-refractivity contribution in [1.29, 1.82) is 0 Å². The second-order valence-corrected chi connectivity index (χ2v) is 39.6. The van der Waals surface area contributed by atoms with Crippen LogP contribution in [0, 0.1) is 0 Å². The Hall–Kier alpha value is -15.4. The van der Waals surface area contributed by atoms with Crippen molar-refractivity contribution in [3.05, 3.63) is 458 Å². The molecule has 19 aromatic carbocycles. The minimum absolute atomic E-state index is 0.0438. The highest BCUT2D eigenvalue weighted by atomic mass is 15.2. The molecule has 0 atom stereocenters. The molecule has 652 valence electrons. The standard InChI is InChI=1S/C131H110BN3/c1-84(2)102-73-112(85(3)4)126(113(74-102)86(5)6)106-77-124-127-125(78-106)135(129-116(96-59-55-92(56-60-96)87-37-20-13-21-38-87)81-108(131(10,11)12)82-117(129)97-61-57-93(58-62-97)88-39-22-14-23-40-88)123-83-109(133-120-54-35-34-53-110(120)111-66-63-101(76-122(111)133)99-52-36-51-98(69-99)89-41-24-15-25-42-89)65-67-118(123)132(127)119-75-100(105-71-103(90-43-26-16-27-44-90)70-104(72-105)91-45-28-17-29-46-91)64-68-121(119)134(124)128-114(94-47-30-18-31-48-94)79-107(130(7,8)9)80-115(128)95-49-32-19-33-50-95/h13-86H,1-12H3/i34D,35D,53D,54D,63D,66D,76D. The van der Waals surface area contributed by atoms with E-state index < -0.39 is 24.2 Å². The van der Waals surface area contributed by atoms with Crippen LogP contribution in [0.4, 0.5) is 34.1 Å². The van der Waals surface area contributed by atoms with Gasteiger partial charge in [-0.25, -0.2) is 0 Å². The van der Waals surface area contributed by atoms with E-state index in [-0.39, 0.29) is 80.8 Å². The number of nitrogens with zero attached hydrogens (tertiary/aromatic N) is 3. The zero-order valence-electron chi connectivity index (χ0n) is 85.6. The molecule has 135 heavy (non-hydrogen) atoms. The van der Waals surface area contributed by atoms with Gasteiger partial charge in [-0.1, -0.05) is 423 Å². The summed E-state index contributed by atoms with van der Waals surface area (Å²) in [6.45, 7) is 27.3. The van der Waals surface area contributed by atoms with Crippen LogP contribution in [0.15, 0.2) is 431 Å². The summed E-state index contributed by atoms with van der Waals surface area (Å²) in [7, 11) is 0. The maximum absolute atomic E-state index is 11.1. The number of anilines is 6. The molecule has 0 N–H and O–H groups in total. The van der Waals surface area contributed by atoms with Gasteiger partial charge in [0.05, 0.1) is 32.0 Å². The van der Waals surface area contributed by atoms with Gasteiger partial charge in [-0.05, 0) is 275 Å². The molecule has 3 heterocycles. The molecule has 0 amide bonds. The lowest BCUT2D eigenvalue weighted by atomic mass is 9.33. The highest BCUT2D eigenvalue weighted by Gasteiger charge is 2.47. The summed E-state index contributed by atoms with van der Waals surface area (Å²) in [6.07, 6.45) is 0. The molecule has 2 aliphatic heterocycles. The Morgan fingerprint density at radius 3 is 1.06 bits per heavy atom. The van der Waals surface area contributed by atoms with Crippen LogP contribution in [-0.2, 0) is 10.8 Å². The number of aromatic nitrogens is 1. The van der Waals surface area contributed by atoms with Gasteiger partial charge in [0.15, 0.2) is 0 Å². The molecule has 3 nitrogen and oxygen atoms in total. The van der Waals surface area contributed by atoms with Crippen LogP contribution < -0.4 is 26.2 Å². The normalized spacial score (nSPS) is 13.2. The van der Waals surface area contributed by atoms with Gasteiger partial charge in [0, 0.05) is 61.5 Å². The Balaban J connectivity index is 0.963. The molecule has 0 fully saturated rings. The van der Waals surface area contributed by atoms with E-state index in [1.54, 1.807) is 0 Å². The van der Waals surface area contributed by atoms with Crippen LogP contribution in [0.25, 0.3) is 161 Å². The van der Waals surface area contributed by atoms with Crippen molar-refractivity contribution in [2.75, 3.05) is 9.80 Å². The summed E-state index contributed by atoms with van der Waals surface area (Å²) >= 11 is 0. The van der Waals surface area contributed by atoms with E-state index in [0.717, 1.165) is 178 Å². The smallest absolute Gasteiger partial charge is 0.252 e. The molecule has 4 heteroatoms. The molecule has 0 bridgehead atoms. The number of hydrogen-bond acceptors (Lipinski definition) is 2. The SMILES string of the molecule is [2H]c1c([2H])c([2H])c2c(c1[2H])c1c([2H])c([2H])c(-c3cccc(-c4ccccc4)c3)c([2H])c1n2-c1ccc2c(c1)N(c1c(-c3ccc(-c4ccccc4)cc3)cc(C(C)(C)C)cc1-c1ccc(-c3ccccc3)cc1)c1cc(-c3c(C(C)C)cc(C(C)C)cc3C(C)C)cc3c1B2c1cc(-c2cc(-c4ccccc4)cc(-c4ccccc4)c2)ccc1N3c1c(-c2ccccc2)cc(C(C)(C)C)cc1-c1ccccc1. The Kier molecular flexibility index (Phi) is 19.8. The summed E-state index contributed by atoms with van der Waals surface area (Å²) in [5.74, 6) is 0.295. The lowest BCUT2D eigenvalue weighted by Gasteiger charge is -2.46. The van der Waals surface area contributed by atoms with Crippen molar-refractivity contribution in [2.24, 2.45) is 0 Å². The van der Waals surface area contributed by atoms with Crippen molar-refractivity contribution in [3.63, 3.8) is 0 Å². The van der Waals surface area contributed by atoms with Crippen LogP contribution in [0.3, 0.4) is 0 Å². The van der Waals surface area contributed by atoms with E-state index >= 15 is 0 Å². The second kappa shape index (κ2) is 34.7. The first-order valence-electron chi connectivity index (χ1n) is 51.1. The highest BCUT2D eigenvalue weighted by Crippen LogP contribution is 2.57. The molecule has 0 saturated carbocycles. The number of rotatable bonds is 18. The largest absolute Gasteiger partial charge is 0.310 e. The van der Waals surface area contributed by atoms with Gasteiger partial charge >= 0.3 is 0 Å². The summed E-state index contributed by atoms with van der Waals surface area (Å²) in [6, 6.07) is 139. The Labute approximate surface area is 807 Å². The number of fused-ring (bicyclic) bond motifs is 7. The lowest BCUT2D eigenvalue weighted by molar-refractivity contribution is 0.590. The van der Waals surface area contributed by atoms with Crippen molar-refractivity contribution in [3.8, 4) is 139 Å². The van der Waals surface area contributed by atoms with Gasteiger partial charge < -0.3 is 14.4 Å². The molecule has 0 aliphatic carbocycles. The van der Waals surface area contributed by atoms with Gasteiger partial charge in [-0.2, -0.15) is 0 Å². The molecule has 0 unspecified atom stereocenters. The van der Waals surface area contributed by atoms with E-state index in [9.17, 15) is 9.60 Å². The van der Waals surface area contributed by atoms with Gasteiger partial charge in [0.2, 0.25) is 0 Å². The van der Waals surface area contributed by atoms with Crippen LogP contribution in [0.1, 0.15) is 138 Å².